The maximum Gasteiger partial charge on any atom is 0.195 e. The standard InChI is InChI=1S/C20H20N6S2/c1-27-19-23-21-17(25(19)15-9-5-3-6-10-15)13-14-18-22-24-20(28-2)26(18)16-11-7-4-8-12-16/h3-12H,13-14H2,1-2H3. The summed E-state index contributed by atoms with van der Waals surface area (Å²) in [7, 11) is 0. The van der Waals surface area contributed by atoms with Gasteiger partial charge in [-0.05, 0) is 36.8 Å². The third kappa shape index (κ3) is 3.70. The number of thioether (sulfide) groups is 2. The Morgan fingerprint density at radius 2 is 1.00 bits per heavy atom. The van der Waals surface area contributed by atoms with Gasteiger partial charge in [0.2, 0.25) is 0 Å². The molecule has 0 aliphatic heterocycles. The SMILES string of the molecule is CSc1nnc(CCc2nnc(SC)n2-c2ccccc2)n1-c1ccccc1. The first-order chi connectivity index (χ1) is 13.8. The maximum atomic E-state index is 4.44. The van der Waals surface area contributed by atoms with Crippen LogP contribution in [0.2, 0.25) is 0 Å². The first kappa shape index (κ1) is 18.8. The first-order valence-corrected chi connectivity index (χ1v) is 11.3. The van der Waals surface area contributed by atoms with E-state index in [4.69, 9.17) is 0 Å². The lowest BCUT2D eigenvalue weighted by atomic mass is 10.2. The molecular formula is C20H20N6S2. The summed E-state index contributed by atoms with van der Waals surface area (Å²) in [5, 5.41) is 19.4. The third-order valence-electron chi connectivity index (χ3n) is 4.37. The van der Waals surface area contributed by atoms with Crippen molar-refractivity contribution in [2.24, 2.45) is 0 Å². The van der Waals surface area contributed by atoms with E-state index in [1.54, 1.807) is 23.5 Å². The number of nitrogens with zero attached hydrogens (tertiary/aromatic N) is 6. The molecule has 0 saturated heterocycles. The van der Waals surface area contributed by atoms with Crippen LogP contribution >= 0.6 is 23.5 Å². The van der Waals surface area contributed by atoms with Crippen LogP contribution in [0.25, 0.3) is 11.4 Å². The molecule has 6 nitrogen and oxygen atoms in total. The summed E-state index contributed by atoms with van der Waals surface area (Å²) in [6.07, 6.45) is 5.48. The minimum Gasteiger partial charge on any atom is -0.274 e. The van der Waals surface area contributed by atoms with Crippen LogP contribution in [0.5, 0.6) is 0 Å². The highest BCUT2D eigenvalue weighted by molar-refractivity contribution is 7.98. The second kappa shape index (κ2) is 8.62. The molecular weight excluding hydrogens is 388 g/mol. The van der Waals surface area contributed by atoms with Crippen LogP contribution < -0.4 is 0 Å². The number of benzene rings is 2. The summed E-state index contributed by atoms with van der Waals surface area (Å²) in [5.74, 6) is 1.84. The topological polar surface area (TPSA) is 61.4 Å². The van der Waals surface area contributed by atoms with E-state index in [-0.39, 0.29) is 0 Å². The van der Waals surface area contributed by atoms with Gasteiger partial charge in [-0.2, -0.15) is 0 Å². The fourth-order valence-electron chi connectivity index (χ4n) is 3.09. The van der Waals surface area contributed by atoms with E-state index in [0.717, 1.165) is 46.2 Å². The van der Waals surface area contributed by atoms with Gasteiger partial charge in [0.25, 0.3) is 0 Å². The molecule has 0 saturated carbocycles. The molecule has 4 aromatic rings. The van der Waals surface area contributed by atoms with Crippen LogP contribution in [-0.2, 0) is 12.8 Å². The zero-order valence-corrected chi connectivity index (χ0v) is 17.3. The van der Waals surface area contributed by atoms with Gasteiger partial charge in [-0.25, -0.2) is 0 Å². The van der Waals surface area contributed by atoms with Crippen molar-refractivity contribution in [3.63, 3.8) is 0 Å². The van der Waals surface area contributed by atoms with Gasteiger partial charge in [0.15, 0.2) is 10.3 Å². The van der Waals surface area contributed by atoms with E-state index in [9.17, 15) is 0 Å². The molecule has 0 fully saturated rings. The van der Waals surface area contributed by atoms with Crippen molar-refractivity contribution >= 4 is 23.5 Å². The highest BCUT2D eigenvalue weighted by atomic mass is 32.2. The van der Waals surface area contributed by atoms with Crippen molar-refractivity contribution in [1.29, 1.82) is 0 Å². The lowest BCUT2D eigenvalue weighted by Gasteiger charge is -2.11. The van der Waals surface area contributed by atoms with Crippen LogP contribution in [0.15, 0.2) is 71.0 Å². The van der Waals surface area contributed by atoms with Gasteiger partial charge >= 0.3 is 0 Å². The zero-order chi connectivity index (χ0) is 19.3. The van der Waals surface area contributed by atoms with Crippen molar-refractivity contribution in [2.45, 2.75) is 23.2 Å². The molecule has 4 rings (SSSR count). The fraction of sp³-hybridized carbons (Fsp3) is 0.200. The molecule has 0 aliphatic rings. The van der Waals surface area contributed by atoms with Gasteiger partial charge in [0, 0.05) is 24.2 Å². The molecule has 0 aliphatic carbocycles. The summed E-state index contributed by atoms with van der Waals surface area (Å²) in [6.45, 7) is 0. The highest BCUT2D eigenvalue weighted by Gasteiger charge is 2.17. The molecule has 142 valence electrons. The fourth-order valence-corrected chi connectivity index (χ4v) is 4.12. The lowest BCUT2D eigenvalue weighted by molar-refractivity contribution is 0.746. The number of hydrogen-bond donors (Lipinski definition) is 0. The van der Waals surface area contributed by atoms with Gasteiger partial charge in [0.05, 0.1) is 0 Å². The van der Waals surface area contributed by atoms with Crippen LogP contribution in [0.3, 0.4) is 0 Å². The zero-order valence-electron chi connectivity index (χ0n) is 15.7. The monoisotopic (exact) mass is 408 g/mol. The van der Waals surface area contributed by atoms with E-state index in [1.807, 2.05) is 48.9 Å². The molecule has 28 heavy (non-hydrogen) atoms. The Morgan fingerprint density at radius 1 is 0.607 bits per heavy atom. The van der Waals surface area contributed by atoms with Crippen molar-refractivity contribution in [1.82, 2.24) is 29.5 Å². The molecule has 0 unspecified atom stereocenters. The quantitative estimate of drug-likeness (QED) is 0.430. The van der Waals surface area contributed by atoms with E-state index in [0.29, 0.717) is 0 Å². The van der Waals surface area contributed by atoms with E-state index in [2.05, 4.69) is 53.8 Å². The first-order valence-electron chi connectivity index (χ1n) is 8.89. The highest BCUT2D eigenvalue weighted by Crippen LogP contribution is 2.23. The van der Waals surface area contributed by atoms with Gasteiger partial charge in [0.1, 0.15) is 11.6 Å². The summed E-state index contributed by atoms with van der Waals surface area (Å²) in [4.78, 5) is 0. The largest absolute Gasteiger partial charge is 0.274 e. The van der Waals surface area contributed by atoms with Crippen molar-refractivity contribution in [2.75, 3.05) is 12.5 Å². The molecule has 0 spiro atoms. The molecule has 8 heteroatoms. The molecule has 0 atom stereocenters. The second-order valence-electron chi connectivity index (χ2n) is 6.05. The van der Waals surface area contributed by atoms with Gasteiger partial charge < -0.3 is 0 Å². The number of para-hydroxylation sites is 2. The lowest BCUT2D eigenvalue weighted by Crippen LogP contribution is -2.08. The predicted octanol–water partition coefficient (Wildman–Crippen LogP) is 4.08. The molecule has 2 aromatic carbocycles. The molecule has 0 amide bonds. The molecule has 0 radical (unpaired) electrons. The van der Waals surface area contributed by atoms with Gasteiger partial charge in [-0.1, -0.05) is 59.9 Å². The summed E-state index contributed by atoms with van der Waals surface area (Å²) in [5.41, 5.74) is 2.14. The smallest absolute Gasteiger partial charge is 0.195 e. The van der Waals surface area contributed by atoms with Gasteiger partial charge in [-0.3, -0.25) is 9.13 Å². The summed E-state index contributed by atoms with van der Waals surface area (Å²) >= 11 is 3.19. The van der Waals surface area contributed by atoms with Crippen LogP contribution in [0.1, 0.15) is 11.6 Å². The average Bonchev–Trinajstić information content (AvgIpc) is 3.36. The minimum atomic E-state index is 0.724. The molecule has 0 bridgehead atoms. The molecule has 2 heterocycles. The predicted molar refractivity (Wildman–Crippen MR) is 114 cm³/mol. The maximum absolute atomic E-state index is 4.44. The number of aromatic nitrogens is 6. The van der Waals surface area contributed by atoms with Crippen LogP contribution in [0.4, 0.5) is 0 Å². The Kier molecular flexibility index (Phi) is 5.78. The Bertz CT molecular complexity index is 958. The Hall–Kier alpha value is -2.58. The minimum absolute atomic E-state index is 0.724. The molecule has 0 N–H and O–H groups in total. The summed E-state index contributed by atoms with van der Waals surface area (Å²) < 4.78 is 4.23. The number of aryl methyl sites for hydroxylation is 2. The normalized spacial score (nSPS) is 11.1. The molecule has 2 aromatic heterocycles. The Morgan fingerprint density at radius 3 is 1.36 bits per heavy atom. The van der Waals surface area contributed by atoms with E-state index >= 15 is 0 Å². The van der Waals surface area contributed by atoms with Crippen LogP contribution in [0, 0.1) is 0 Å². The number of hydrogen-bond acceptors (Lipinski definition) is 6. The van der Waals surface area contributed by atoms with E-state index < -0.39 is 0 Å². The Labute approximate surface area is 172 Å². The second-order valence-corrected chi connectivity index (χ2v) is 7.59. The third-order valence-corrected chi connectivity index (χ3v) is 5.63. The summed E-state index contributed by atoms with van der Waals surface area (Å²) in [6, 6.07) is 20.4. The van der Waals surface area contributed by atoms with Crippen molar-refractivity contribution < 1.29 is 0 Å². The Balaban J connectivity index is 1.65. The average molecular weight is 409 g/mol. The van der Waals surface area contributed by atoms with Crippen LogP contribution in [-0.4, -0.2) is 42.0 Å². The van der Waals surface area contributed by atoms with Gasteiger partial charge in [-0.15, -0.1) is 20.4 Å². The van der Waals surface area contributed by atoms with Crippen molar-refractivity contribution in [3.8, 4) is 11.4 Å². The number of rotatable bonds is 7. The van der Waals surface area contributed by atoms with Crippen molar-refractivity contribution in [3.05, 3.63) is 72.3 Å². The van der Waals surface area contributed by atoms with E-state index in [1.165, 1.54) is 0 Å².